The van der Waals surface area contributed by atoms with E-state index in [4.69, 9.17) is 0 Å². The summed E-state index contributed by atoms with van der Waals surface area (Å²) in [6, 6.07) is 12.7. The molecule has 134 valence electrons. The molecule has 4 heteroatoms. The van der Waals surface area contributed by atoms with Crippen molar-refractivity contribution in [3.05, 3.63) is 58.3 Å². The van der Waals surface area contributed by atoms with Crippen LogP contribution in [-0.2, 0) is 6.42 Å². The van der Waals surface area contributed by atoms with Gasteiger partial charge in [-0.05, 0) is 60.7 Å². The second-order valence-corrected chi connectivity index (χ2v) is 7.33. The summed E-state index contributed by atoms with van der Waals surface area (Å²) in [6.45, 7) is 4.47. The van der Waals surface area contributed by atoms with Gasteiger partial charge in [-0.3, -0.25) is 0 Å². The largest absolute Gasteiger partial charge is 0.205 e. The Morgan fingerprint density at radius 2 is 1.76 bits per heavy atom. The molecule has 0 saturated heterocycles. The minimum atomic E-state index is -0.306. The first-order valence-electron chi connectivity index (χ1n) is 9.08. The summed E-state index contributed by atoms with van der Waals surface area (Å²) in [5, 5.41) is 8.13. The lowest BCUT2D eigenvalue weighted by atomic mass is 9.92. The summed E-state index contributed by atoms with van der Waals surface area (Å²) in [6.07, 6.45) is 7.03. The fraction of sp³-hybridized carbons (Fsp3) is 0.429. The molecule has 0 amide bonds. The molecule has 2 aromatic rings. The fourth-order valence-electron chi connectivity index (χ4n) is 2.82. The smallest absolute Gasteiger partial charge is 0.150 e. The average molecular weight is 405 g/mol. The van der Waals surface area contributed by atoms with Gasteiger partial charge >= 0.3 is 0 Å². The Kier molecular flexibility index (Phi) is 8.26. The Hall–Kier alpha value is -1.55. The van der Waals surface area contributed by atoms with E-state index in [0.29, 0.717) is 5.69 Å². The van der Waals surface area contributed by atoms with Crippen LogP contribution in [0.1, 0.15) is 51.5 Å². The summed E-state index contributed by atoms with van der Waals surface area (Å²) in [5.74, 6) is 0.430. The highest BCUT2D eigenvalue weighted by Crippen LogP contribution is 2.25. The number of rotatable bonds is 9. The van der Waals surface area contributed by atoms with Gasteiger partial charge < -0.3 is 0 Å². The third-order valence-electron chi connectivity index (χ3n) is 4.50. The molecule has 2 aromatic carbocycles. The van der Waals surface area contributed by atoms with Gasteiger partial charge in [0.15, 0.2) is 5.82 Å². The van der Waals surface area contributed by atoms with Crippen molar-refractivity contribution in [3.8, 4) is 0 Å². The third kappa shape index (κ3) is 6.69. The van der Waals surface area contributed by atoms with Crippen LogP contribution in [0.25, 0.3) is 0 Å². The number of halogens is 2. The highest BCUT2D eigenvalue weighted by atomic mass is 79.9. The zero-order valence-electron chi connectivity index (χ0n) is 15.0. The number of azo groups is 1. The van der Waals surface area contributed by atoms with Crippen LogP contribution in [0.5, 0.6) is 0 Å². The number of benzene rings is 2. The molecule has 2 nitrogen and oxygen atoms in total. The summed E-state index contributed by atoms with van der Waals surface area (Å²) in [5.41, 5.74) is 2.02. The van der Waals surface area contributed by atoms with Gasteiger partial charge in [-0.25, -0.2) is 4.39 Å². The SMILES string of the molecule is CCCCC(CC)CCc1ccc(/N=N/c2ccc(Br)cc2)c(F)c1. The Bertz CT molecular complexity index is 683. The van der Waals surface area contributed by atoms with E-state index in [0.717, 1.165) is 28.8 Å². The maximum absolute atomic E-state index is 14.3. The topological polar surface area (TPSA) is 24.7 Å². The van der Waals surface area contributed by atoms with E-state index in [1.165, 1.54) is 25.7 Å². The van der Waals surface area contributed by atoms with Crippen LogP contribution in [0.15, 0.2) is 57.2 Å². The highest BCUT2D eigenvalue weighted by molar-refractivity contribution is 9.10. The van der Waals surface area contributed by atoms with E-state index in [-0.39, 0.29) is 11.5 Å². The van der Waals surface area contributed by atoms with Gasteiger partial charge in [0.25, 0.3) is 0 Å². The molecular weight excluding hydrogens is 379 g/mol. The van der Waals surface area contributed by atoms with E-state index in [1.807, 2.05) is 30.3 Å². The van der Waals surface area contributed by atoms with Gasteiger partial charge in [0.05, 0.1) is 5.69 Å². The number of aryl methyl sites for hydroxylation is 1. The molecule has 1 atom stereocenters. The number of nitrogens with zero attached hydrogens (tertiary/aromatic N) is 2. The molecule has 2 rings (SSSR count). The summed E-state index contributed by atoms with van der Waals surface area (Å²) in [4.78, 5) is 0. The number of hydrogen-bond acceptors (Lipinski definition) is 2. The Morgan fingerprint density at radius 3 is 2.40 bits per heavy atom. The summed E-state index contributed by atoms with van der Waals surface area (Å²) < 4.78 is 15.2. The zero-order valence-corrected chi connectivity index (χ0v) is 16.6. The molecule has 0 aliphatic rings. The molecule has 0 bridgehead atoms. The first-order chi connectivity index (χ1) is 12.1. The van der Waals surface area contributed by atoms with Crippen molar-refractivity contribution in [1.29, 1.82) is 0 Å². The Balaban J connectivity index is 1.96. The van der Waals surface area contributed by atoms with E-state index < -0.39 is 0 Å². The summed E-state index contributed by atoms with van der Waals surface area (Å²) >= 11 is 3.37. The maximum Gasteiger partial charge on any atom is 0.150 e. The molecule has 25 heavy (non-hydrogen) atoms. The predicted molar refractivity (Wildman–Crippen MR) is 106 cm³/mol. The van der Waals surface area contributed by atoms with Crippen molar-refractivity contribution in [2.24, 2.45) is 16.1 Å². The molecule has 0 radical (unpaired) electrons. The van der Waals surface area contributed by atoms with E-state index in [9.17, 15) is 4.39 Å². The predicted octanol–water partition coefficient (Wildman–Crippen LogP) is 8.15. The van der Waals surface area contributed by atoms with E-state index in [2.05, 4.69) is 40.0 Å². The van der Waals surface area contributed by atoms with Gasteiger partial charge in [0.2, 0.25) is 0 Å². The van der Waals surface area contributed by atoms with Crippen molar-refractivity contribution in [3.63, 3.8) is 0 Å². The van der Waals surface area contributed by atoms with Crippen LogP contribution in [-0.4, -0.2) is 0 Å². The van der Waals surface area contributed by atoms with Gasteiger partial charge in [-0.15, -0.1) is 5.11 Å². The lowest BCUT2D eigenvalue weighted by Crippen LogP contribution is -2.01. The standard InChI is InChI=1S/C21H26BrFN2/c1-3-5-6-16(4-2)7-8-17-9-14-21(20(23)15-17)25-24-19-12-10-18(22)11-13-19/h9-16H,3-8H2,1-2H3/b25-24+. The van der Waals surface area contributed by atoms with Gasteiger partial charge in [-0.1, -0.05) is 61.5 Å². The van der Waals surface area contributed by atoms with Crippen LogP contribution in [0, 0.1) is 11.7 Å². The van der Waals surface area contributed by atoms with Crippen LogP contribution in [0.2, 0.25) is 0 Å². The van der Waals surface area contributed by atoms with Crippen molar-refractivity contribution in [2.45, 2.75) is 52.4 Å². The molecule has 0 aliphatic carbocycles. The average Bonchev–Trinajstić information content (AvgIpc) is 2.62. The van der Waals surface area contributed by atoms with Crippen molar-refractivity contribution in [1.82, 2.24) is 0 Å². The van der Waals surface area contributed by atoms with Gasteiger partial charge in [-0.2, -0.15) is 5.11 Å². The van der Waals surface area contributed by atoms with Crippen molar-refractivity contribution >= 4 is 27.3 Å². The van der Waals surface area contributed by atoms with Crippen LogP contribution < -0.4 is 0 Å². The molecular formula is C21H26BrFN2. The maximum atomic E-state index is 14.3. The first kappa shape index (κ1) is 19.8. The number of hydrogen-bond donors (Lipinski definition) is 0. The second-order valence-electron chi connectivity index (χ2n) is 6.42. The molecule has 0 aliphatic heterocycles. The molecule has 0 N–H and O–H groups in total. The van der Waals surface area contributed by atoms with Crippen molar-refractivity contribution in [2.75, 3.05) is 0 Å². The molecule has 0 saturated carbocycles. The van der Waals surface area contributed by atoms with Gasteiger partial charge in [0.1, 0.15) is 5.69 Å². The van der Waals surface area contributed by atoms with Gasteiger partial charge in [0, 0.05) is 4.47 Å². The molecule has 0 fully saturated rings. The Morgan fingerprint density at radius 1 is 1.00 bits per heavy atom. The lowest BCUT2D eigenvalue weighted by molar-refractivity contribution is 0.421. The van der Waals surface area contributed by atoms with Crippen LogP contribution in [0.3, 0.4) is 0 Å². The second kappa shape index (κ2) is 10.4. The first-order valence-corrected chi connectivity index (χ1v) is 9.87. The quantitative estimate of drug-likeness (QED) is 0.376. The lowest BCUT2D eigenvalue weighted by Gasteiger charge is -2.14. The van der Waals surface area contributed by atoms with E-state index >= 15 is 0 Å². The third-order valence-corrected chi connectivity index (χ3v) is 5.03. The summed E-state index contributed by atoms with van der Waals surface area (Å²) in [7, 11) is 0. The fourth-order valence-corrected chi connectivity index (χ4v) is 3.09. The molecule has 0 aromatic heterocycles. The monoisotopic (exact) mass is 404 g/mol. The zero-order chi connectivity index (χ0) is 18.1. The molecule has 0 spiro atoms. The van der Waals surface area contributed by atoms with Crippen LogP contribution >= 0.6 is 15.9 Å². The highest BCUT2D eigenvalue weighted by Gasteiger charge is 2.08. The minimum absolute atomic E-state index is 0.282. The Labute approximate surface area is 158 Å². The normalized spacial score (nSPS) is 12.6. The molecule has 1 unspecified atom stereocenters. The number of unbranched alkanes of at least 4 members (excludes halogenated alkanes) is 1. The minimum Gasteiger partial charge on any atom is -0.205 e. The molecule has 0 heterocycles. The van der Waals surface area contributed by atoms with E-state index in [1.54, 1.807) is 12.1 Å². The van der Waals surface area contributed by atoms with Crippen molar-refractivity contribution < 1.29 is 4.39 Å². The van der Waals surface area contributed by atoms with Crippen LogP contribution in [0.4, 0.5) is 15.8 Å².